The van der Waals surface area contributed by atoms with Crippen LogP contribution in [0.15, 0.2) is 12.1 Å². The van der Waals surface area contributed by atoms with Crippen LogP contribution in [0.2, 0.25) is 0 Å². The molecule has 1 saturated carbocycles. The number of hydrogen-bond donors (Lipinski definition) is 1. The van der Waals surface area contributed by atoms with Gasteiger partial charge in [-0.15, -0.1) is 0 Å². The first-order valence-corrected chi connectivity index (χ1v) is 5.09. The van der Waals surface area contributed by atoms with Gasteiger partial charge in [-0.3, -0.25) is 0 Å². The van der Waals surface area contributed by atoms with Crippen molar-refractivity contribution in [2.24, 2.45) is 0 Å². The van der Waals surface area contributed by atoms with Gasteiger partial charge in [-0.2, -0.15) is 0 Å². The number of aromatic amines is 1. The van der Waals surface area contributed by atoms with E-state index >= 15 is 0 Å². The Morgan fingerprint density at radius 3 is 2.60 bits per heavy atom. The summed E-state index contributed by atoms with van der Waals surface area (Å²) in [7, 11) is 0. The van der Waals surface area contributed by atoms with Gasteiger partial charge in [0.25, 0.3) is 0 Å². The average Bonchev–Trinajstić information content (AvgIpc) is 2.45. The summed E-state index contributed by atoms with van der Waals surface area (Å²) < 4.78 is 25.9. The SMILES string of the molecule is Fc1cc2nc(C3CCC3)[nH]c2cc1F. The lowest BCUT2D eigenvalue weighted by atomic mass is 9.85. The van der Waals surface area contributed by atoms with Gasteiger partial charge in [-0.25, -0.2) is 13.8 Å². The molecule has 1 N–H and O–H groups in total. The molecule has 1 fully saturated rings. The number of hydrogen-bond acceptors (Lipinski definition) is 1. The molecule has 78 valence electrons. The number of H-pyrrole nitrogens is 1. The van der Waals surface area contributed by atoms with Crippen LogP contribution in [0.3, 0.4) is 0 Å². The van der Waals surface area contributed by atoms with Crippen LogP contribution in [-0.2, 0) is 0 Å². The minimum absolute atomic E-state index is 0.448. The molecular weight excluding hydrogens is 198 g/mol. The third-order valence-electron chi connectivity index (χ3n) is 3.03. The lowest BCUT2D eigenvalue weighted by Crippen LogP contribution is -2.10. The Hall–Kier alpha value is -1.45. The third kappa shape index (κ3) is 1.32. The van der Waals surface area contributed by atoms with Crippen molar-refractivity contribution >= 4 is 11.0 Å². The van der Waals surface area contributed by atoms with Gasteiger partial charge in [0.1, 0.15) is 5.82 Å². The van der Waals surface area contributed by atoms with Crippen LogP contribution < -0.4 is 0 Å². The minimum atomic E-state index is -0.839. The molecule has 1 aliphatic rings. The number of rotatable bonds is 1. The molecule has 1 heterocycles. The van der Waals surface area contributed by atoms with Gasteiger partial charge in [-0.1, -0.05) is 6.42 Å². The summed E-state index contributed by atoms with van der Waals surface area (Å²) in [5.41, 5.74) is 1.09. The number of benzene rings is 1. The van der Waals surface area contributed by atoms with E-state index in [-0.39, 0.29) is 0 Å². The molecular formula is C11H10F2N2. The maximum atomic E-state index is 12.9. The number of nitrogens with one attached hydrogen (secondary N) is 1. The third-order valence-corrected chi connectivity index (χ3v) is 3.03. The van der Waals surface area contributed by atoms with E-state index in [1.807, 2.05) is 0 Å². The molecule has 0 radical (unpaired) electrons. The highest BCUT2D eigenvalue weighted by molar-refractivity contribution is 5.75. The van der Waals surface area contributed by atoms with Crippen molar-refractivity contribution in [2.75, 3.05) is 0 Å². The number of imidazole rings is 1. The predicted molar refractivity (Wildman–Crippen MR) is 52.6 cm³/mol. The lowest BCUT2D eigenvalue weighted by molar-refractivity contribution is 0.405. The summed E-state index contributed by atoms with van der Waals surface area (Å²) in [6.45, 7) is 0. The number of aromatic nitrogens is 2. The van der Waals surface area contributed by atoms with Crippen molar-refractivity contribution in [3.8, 4) is 0 Å². The highest BCUT2D eigenvalue weighted by atomic mass is 19.2. The van der Waals surface area contributed by atoms with Gasteiger partial charge in [0, 0.05) is 18.1 Å². The summed E-state index contributed by atoms with van der Waals surface area (Å²) >= 11 is 0. The Kier molecular flexibility index (Phi) is 1.78. The van der Waals surface area contributed by atoms with Crippen LogP contribution in [0.1, 0.15) is 31.0 Å². The van der Waals surface area contributed by atoms with Gasteiger partial charge in [0.15, 0.2) is 11.6 Å². The molecule has 2 nitrogen and oxygen atoms in total. The van der Waals surface area contributed by atoms with Crippen molar-refractivity contribution in [2.45, 2.75) is 25.2 Å². The zero-order chi connectivity index (χ0) is 10.4. The van der Waals surface area contributed by atoms with Crippen LogP contribution >= 0.6 is 0 Å². The normalized spacial score (nSPS) is 16.9. The number of halogens is 2. The number of nitrogens with zero attached hydrogens (tertiary/aromatic N) is 1. The molecule has 0 amide bonds. The maximum absolute atomic E-state index is 12.9. The molecule has 0 saturated heterocycles. The van der Waals surface area contributed by atoms with E-state index in [1.54, 1.807) is 0 Å². The molecule has 0 spiro atoms. The number of fused-ring (bicyclic) bond motifs is 1. The van der Waals surface area contributed by atoms with E-state index in [1.165, 1.54) is 12.5 Å². The average molecular weight is 208 g/mol. The minimum Gasteiger partial charge on any atom is -0.342 e. The van der Waals surface area contributed by atoms with Crippen molar-refractivity contribution in [1.29, 1.82) is 0 Å². The first-order chi connectivity index (χ1) is 7.24. The Bertz CT molecular complexity index is 476. The Morgan fingerprint density at radius 1 is 1.20 bits per heavy atom. The monoisotopic (exact) mass is 208 g/mol. The highest BCUT2D eigenvalue weighted by Gasteiger charge is 2.22. The lowest BCUT2D eigenvalue weighted by Gasteiger charge is -2.22. The zero-order valence-corrected chi connectivity index (χ0v) is 8.06. The predicted octanol–water partition coefficient (Wildman–Crippen LogP) is 3.11. The Labute approximate surface area is 85.3 Å². The van der Waals surface area contributed by atoms with Gasteiger partial charge < -0.3 is 4.98 Å². The molecule has 1 aromatic carbocycles. The second-order valence-electron chi connectivity index (χ2n) is 4.03. The molecule has 1 aromatic heterocycles. The maximum Gasteiger partial charge on any atom is 0.161 e. The van der Waals surface area contributed by atoms with Crippen molar-refractivity contribution in [1.82, 2.24) is 9.97 Å². The molecule has 15 heavy (non-hydrogen) atoms. The fourth-order valence-corrected chi connectivity index (χ4v) is 1.90. The summed E-state index contributed by atoms with van der Waals surface area (Å²) in [6.07, 6.45) is 3.44. The summed E-state index contributed by atoms with van der Waals surface area (Å²) in [4.78, 5) is 7.32. The summed E-state index contributed by atoms with van der Waals surface area (Å²) in [6, 6.07) is 2.31. The smallest absolute Gasteiger partial charge is 0.161 e. The molecule has 1 aliphatic carbocycles. The molecule has 3 rings (SSSR count). The van der Waals surface area contributed by atoms with E-state index in [9.17, 15) is 8.78 Å². The van der Waals surface area contributed by atoms with Crippen LogP contribution in [0, 0.1) is 11.6 Å². The molecule has 0 unspecified atom stereocenters. The van der Waals surface area contributed by atoms with E-state index in [0.29, 0.717) is 17.0 Å². The van der Waals surface area contributed by atoms with Gasteiger partial charge in [-0.05, 0) is 12.8 Å². The molecule has 4 heteroatoms. The largest absolute Gasteiger partial charge is 0.342 e. The molecule has 0 atom stereocenters. The summed E-state index contributed by atoms with van der Waals surface area (Å²) in [5, 5.41) is 0. The van der Waals surface area contributed by atoms with E-state index in [2.05, 4.69) is 9.97 Å². The van der Waals surface area contributed by atoms with E-state index in [0.717, 1.165) is 24.7 Å². The molecule has 0 bridgehead atoms. The standard InChI is InChI=1S/C11H10F2N2/c12-7-4-9-10(5-8(7)13)15-11(14-9)6-2-1-3-6/h4-6H,1-3H2,(H,14,15). The van der Waals surface area contributed by atoms with Crippen molar-refractivity contribution in [3.63, 3.8) is 0 Å². The fraction of sp³-hybridized carbons (Fsp3) is 0.364. The van der Waals surface area contributed by atoms with Gasteiger partial charge in [0.05, 0.1) is 11.0 Å². The van der Waals surface area contributed by atoms with Gasteiger partial charge in [0.2, 0.25) is 0 Å². The highest BCUT2D eigenvalue weighted by Crippen LogP contribution is 2.35. The second-order valence-corrected chi connectivity index (χ2v) is 4.03. The Morgan fingerprint density at radius 2 is 1.93 bits per heavy atom. The van der Waals surface area contributed by atoms with Crippen molar-refractivity contribution < 1.29 is 8.78 Å². The molecule has 0 aliphatic heterocycles. The van der Waals surface area contributed by atoms with Gasteiger partial charge >= 0.3 is 0 Å². The van der Waals surface area contributed by atoms with Crippen LogP contribution in [0.25, 0.3) is 11.0 Å². The molecule has 2 aromatic rings. The van der Waals surface area contributed by atoms with Crippen LogP contribution in [-0.4, -0.2) is 9.97 Å². The first kappa shape index (κ1) is 8.83. The van der Waals surface area contributed by atoms with Crippen LogP contribution in [0.4, 0.5) is 8.78 Å². The topological polar surface area (TPSA) is 28.7 Å². The van der Waals surface area contributed by atoms with E-state index in [4.69, 9.17) is 0 Å². The summed E-state index contributed by atoms with van der Waals surface area (Å²) in [5.74, 6) is -0.356. The quantitative estimate of drug-likeness (QED) is 0.766. The second kappa shape index (κ2) is 3.02. The van der Waals surface area contributed by atoms with Crippen LogP contribution in [0.5, 0.6) is 0 Å². The van der Waals surface area contributed by atoms with E-state index < -0.39 is 11.6 Å². The van der Waals surface area contributed by atoms with Crippen molar-refractivity contribution in [3.05, 3.63) is 29.6 Å². The fourth-order valence-electron chi connectivity index (χ4n) is 1.90. The zero-order valence-electron chi connectivity index (χ0n) is 8.06. The first-order valence-electron chi connectivity index (χ1n) is 5.09. The Balaban J connectivity index is 2.12.